The van der Waals surface area contributed by atoms with Crippen LogP contribution in [0.25, 0.3) is 11.0 Å². The zero-order valence-corrected chi connectivity index (χ0v) is 25.9. The molecular weight excluding hydrogens is 556 g/mol. The van der Waals surface area contributed by atoms with Crippen molar-refractivity contribution in [1.29, 1.82) is 0 Å². The number of aromatic nitrogens is 3. The Labute approximate surface area is 265 Å². The molecule has 2 saturated heterocycles. The Morgan fingerprint density at radius 1 is 0.822 bits per heavy atom. The number of anilines is 1. The molecule has 7 heteroatoms. The number of amides is 1. The second-order valence-electron chi connectivity index (χ2n) is 12.8. The summed E-state index contributed by atoms with van der Waals surface area (Å²) in [7, 11) is 0. The number of fused-ring (bicyclic) bond motifs is 1. The summed E-state index contributed by atoms with van der Waals surface area (Å²) in [6.07, 6.45) is 6.56. The van der Waals surface area contributed by atoms with Crippen LogP contribution in [0.3, 0.4) is 0 Å². The third-order valence-corrected chi connectivity index (χ3v) is 9.81. The normalized spacial score (nSPS) is 19.4. The number of nitrogens with zero attached hydrogens (tertiary/aromatic N) is 5. The summed E-state index contributed by atoms with van der Waals surface area (Å²) in [6.45, 7) is 5.19. The number of benzene rings is 3. The Kier molecular flexibility index (Phi) is 8.61. The third kappa shape index (κ3) is 6.64. The predicted octanol–water partition coefficient (Wildman–Crippen LogP) is 6.48. The molecule has 1 amide bonds. The van der Waals surface area contributed by atoms with Crippen molar-refractivity contribution in [3.63, 3.8) is 0 Å². The van der Waals surface area contributed by atoms with Gasteiger partial charge in [0.2, 0.25) is 11.9 Å². The number of hydrogen-bond acceptors (Lipinski definition) is 5. The molecule has 1 N–H and O–H groups in total. The standard InChI is InChI=1S/C38H42N6O/c45-36-38(27-30-11-3-1-4-12-30,21-26-43(36)28-31-13-5-2-6-14-31)20-25-42-23-18-33(19-24-42)44(29-32-15-9-10-22-39-32)37-40-34-16-7-8-17-35(34)41-37/h1-17,22,33H,18-21,23-29H2,(H,40,41). The van der Waals surface area contributed by atoms with Crippen LogP contribution in [0.1, 0.15) is 42.5 Å². The van der Waals surface area contributed by atoms with E-state index in [-0.39, 0.29) is 5.41 Å². The van der Waals surface area contributed by atoms with Gasteiger partial charge in [0.05, 0.1) is 28.7 Å². The van der Waals surface area contributed by atoms with E-state index in [9.17, 15) is 4.79 Å². The van der Waals surface area contributed by atoms with E-state index in [4.69, 9.17) is 4.98 Å². The topological polar surface area (TPSA) is 68.4 Å². The van der Waals surface area contributed by atoms with E-state index < -0.39 is 0 Å². The van der Waals surface area contributed by atoms with Crippen LogP contribution >= 0.6 is 0 Å². The number of carbonyl (C=O) groups is 1. The zero-order valence-electron chi connectivity index (χ0n) is 25.9. The lowest BCUT2D eigenvalue weighted by atomic mass is 9.77. The summed E-state index contributed by atoms with van der Waals surface area (Å²) in [5, 5.41) is 0. The third-order valence-electron chi connectivity index (χ3n) is 9.81. The summed E-state index contributed by atoms with van der Waals surface area (Å²) in [5.74, 6) is 1.23. The van der Waals surface area contributed by atoms with Gasteiger partial charge in [-0.15, -0.1) is 0 Å². The first-order chi connectivity index (χ1) is 22.1. The fourth-order valence-electron chi connectivity index (χ4n) is 7.26. The number of H-pyrrole nitrogens is 1. The van der Waals surface area contributed by atoms with Crippen molar-refractivity contribution < 1.29 is 4.79 Å². The van der Waals surface area contributed by atoms with Gasteiger partial charge in [-0.25, -0.2) is 4.98 Å². The minimum atomic E-state index is -0.355. The van der Waals surface area contributed by atoms with E-state index in [1.54, 1.807) is 0 Å². The first-order valence-corrected chi connectivity index (χ1v) is 16.4. The number of imidazole rings is 1. The maximum absolute atomic E-state index is 14.1. The predicted molar refractivity (Wildman–Crippen MR) is 180 cm³/mol. The molecule has 5 aromatic rings. The van der Waals surface area contributed by atoms with E-state index >= 15 is 0 Å². The van der Waals surface area contributed by atoms with Gasteiger partial charge >= 0.3 is 0 Å². The fraction of sp³-hybridized carbons (Fsp3) is 0.342. The van der Waals surface area contributed by atoms with Crippen LogP contribution in [-0.4, -0.2) is 62.9 Å². The van der Waals surface area contributed by atoms with Crippen molar-refractivity contribution in [2.45, 2.75) is 51.2 Å². The molecule has 0 saturated carbocycles. The number of carbonyl (C=O) groups excluding carboxylic acids is 1. The fourth-order valence-corrected chi connectivity index (χ4v) is 7.26. The summed E-state index contributed by atoms with van der Waals surface area (Å²) < 4.78 is 0. The SMILES string of the molecule is O=C1N(Cc2ccccc2)CCC1(CCN1CCC(N(Cc2ccccn2)c2nc3ccccc3[nH]2)CC1)Cc1ccccc1. The molecule has 0 spiro atoms. The minimum absolute atomic E-state index is 0.316. The number of pyridine rings is 1. The monoisotopic (exact) mass is 598 g/mol. The van der Waals surface area contributed by atoms with Crippen LogP contribution in [0.15, 0.2) is 109 Å². The van der Waals surface area contributed by atoms with Crippen molar-refractivity contribution >= 4 is 22.9 Å². The van der Waals surface area contributed by atoms with Gasteiger partial charge in [0, 0.05) is 38.4 Å². The Morgan fingerprint density at radius 3 is 2.27 bits per heavy atom. The Balaban J connectivity index is 1.04. The number of hydrogen-bond donors (Lipinski definition) is 1. The molecule has 2 aliphatic rings. The van der Waals surface area contributed by atoms with Gasteiger partial charge in [0.15, 0.2) is 0 Å². The van der Waals surface area contributed by atoms with Gasteiger partial charge in [-0.05, 0) is 74.0 Å². The van der Waals surface area contributed by atoms with E-state index in [2.05, 4.69) is 104 Å². The summed E-state index contributed by atoms with van der Waals surface area (Å²) in [5.41, 5.74) is 5.18. The number of likely N-dealkylation sites (tertiary alicyclic amines) is 2. The smallest absolute Gasteiger partial charge is 0.229 e. The molecule has 0 aliphatic carbocycles. The van der Waals surface area contributed by atoms with Crippen LogP contribution < -0.4 is 4.90 Å². The van der Waals surface area contributed by atoms with Gasteiger partial charge < -0.3 is 19.7 Å². The lowest BCUT2D eigenvalue weighted by Crippen LogP contribution is -2.46. The van der Waals surface area contributed by atoms with Crippen molar-refractivity contribution in [1.82, 2.24) is 24.8 Å². The first kappa shape index (κ1) is 29.2. The number of nitrogens with one attached hydrogen (secondary N) is 1. The molecule has 0 radical (unpaired) electrons. The minimum Gasteiger partial charge on any atom is -0.338 e. The molecular formula is C38H42N6O. The number of rotatable bonds is 11. The van der Waals surface area contributed by atoms with Gasteiger partial charge in [-0.3, -0.25) is 9.78 Å². The molecule has 0 bridgehead atoms. The number of aromatic amines is 1. The molecule has 7 rings (SSSR count). The van der Waals surface area contributed by atoms with Crippen molar-refractivity contribution in [2.24, 2.45) is 5.41 Å². The van der Waals surface area contributed by atoms with E-state index in [1.165, 1.54) is 11.1 Å². The zero-order chi connectivity index (χ0) is 30.5. The van der Waals surface area contributed by atoms with Crippen molar-refractivity contribution in [2.75, 3.05) is 31.1 Å². The lowest BCUT2D eigenvalue weighted by Gasteiger charge is -2.39. The maximum Gasteiger partial charge on any atom is 0.229 e. The Hall–Kier alpha value is -4.49. The molecule has 2 aromatic heterocycles. The lowest BCUT2D eigenvalue weighted by molar-refractivity contribution is -0.137. The van der Waals surface area contributed by atoms with E-state index in [1.807, 2.05) is 30.5 Å². The molecule has 4 heterocycles. The molecule has 2 fully saturated rings. The maximum atomic E-state index is 14.1. The van der Waals surface area contributed by atoms with Crippen LogP contribution in [0, 0.1) is 5.41 Å². The Bertz CT molecular complexity index is 1650. The second kappa shape index (κ2) is 13.2. The van der Waals surface area contributed by atoms with Crippen LogP contribution in [0.5, 0.6) is 0 Å². The molecule has 3 aromatic carbocycles. The average molecular weight is 599 g/mol. The highest BCUT2D eigenvalue weighted by Gasteiger charge is 2.46. The number of para-hydroxylation sites is 2. The van der Waals surface area contributed by atoms with Crippen molar-refractivity contribution in [3.8, 4) is 0 Å². The number of piperidine rings is 1. The summed E-state index contributed by atoms with van der Waals surface area (Å²) in [4.78, 5) is 34.4. The van der Waals surface area contributed by atoms with Crippen LogP contribution in [0.2, 0.25) is 0 Å². The largest absolute Gasteiger partial charge is 0.338 e. The Morgan fingerprint density at radius 2 is 1.53 bits per heavy atom. The van der Waals surface area contributed by atoms with Crippen molar-refractivity contribution in [3.05, 3.63) is 126 Å². The van der Waals surface area contributed by atoms with Crippen LogP contribution in [0.4, 0.5) is 5.95 Å². The quantitative estimate of drug-likeness (QED) is 0.189. The van der Waals surface area contributed by atoms with E-state index in [0.717, 1.165) is 87.5 Å². The second-order valence-corrected chi connectivity index (χ2v) is 12.8. The van der Waals surface area contributed by atoms with Gasteiger partial charge in [0.1, 0.15) is 0 Å². The molecule has 1 atom stereocenters. The highest BCUT2D eigenvalue weighted by atomic mass is 16.2. The molecule has 45 heavy (non-hydrogen) atoms. The van der Waals surface area contributed by atoms with Crippen LogP contribution in [-0.2, 0) is 24.3 Å². The molecule has 1 unspecified atom stereocenters. The average Bonchev–Trinajstić information content (AvgIpc) is 3.65. The molecule has 2 aliphatic heterocycles. The first-order valence-electron chi connectivity index (χ1n) is 16.4. The highest BCUT2D eigenvalue weighted by molar-refractivity contribution is 5.85. The van der Waals surface area contributed by atoms with E-state index in [0.29, 0.717) is 18.5 Å². The van der Waals surface area contributed by atoms with Gasteiger partial charge in [-0.1, -0.05) is 78.9 Å². The molecule has 230 valence electrons. The van der Waals surface area contributed by atoms with Gasteiger partial charge in [0.25, 0.3) is 0 Å². The summed E-state index contributed by atoms with van der Waals surface area (Å²) in [6, 6.07) is 35.7. The molecule has 7 nitrogen and oxygen atoms in total. The summed E-state index contributed by atoms with van der Waals surface area (Å²) >= 11 is 0. The van der Waals surface area contributed by atoms with Gasteiger partial charge in [-0.2, -0.15) is 0 Å². The highest BCUT2D eigenvalue weighted by Crippen LogP contribution is 2.40.